The predicted molar refractivity (Wildman–Crippen MR) is 106 cm³/mol. The van der Waals surface area contributed by atoms with Crippen molar-refractivity contribution in [2.45, 2.75) is 70.1 Å². The summed E-state index contributed by atoms with van der Waals surface area (Å²) in [5, 5.41) is 3.12. The lowest BCUT2D eigenvalue weighted by Gasteiger charge is -2.40. The zero-order valence-electron chi connectivity index (χ0n) is 16.4. The first-order valence-electron chi connectivity index (χ1n) is 10.3. The first-order chi connectivity index (χ1) is 13.7. The summed E-state index contributed by atoms with van der Waals surface area (Å²) in [5.74, 6) is 1.22. The van der Waals surface area contributed by atoms with Gasteiger partial charge >= 0.3 is 0 Å². The first-order valence-corrected chi connectivity index (χ1v) is 10.3. The molecule has 6 heteroatoms. The number of nitrogens with one attached hydrogen (secondary N) is 1. The smallest absolute Gasteiger partial charge is 0.217 e. The Kier molecular flexibility index (Phi) is 5.95. The Labute approximate surface area is 166 Å². The molecule has 1 N–H and O–H groups in total. The Bertz CT molecular complexity index is 775. The van der Waals surface area contributed by atoms with Crippen LogP contribution >= 0.6 is 0 Å². The van der Waals surface area contributed by atoms with Crippen LogP contribution in [-0.4, -0.2) is 33.0 Å². The van der Waals surface area contributed by atoms with E-state index >= 15 is 0 Å². The lowest BCUT2D eigenvalue weighted by molar-refractivity contribution is -0.124. The van der Waals surface area contributed by atoms with Gasteiger partial charge in [-0.25, -0.2) is 9.97 Å². The van der Waals surface area contributed by atoms with Gasteiger partial charge in [0.1, 0.15) is 5.69 Å². The fourth-order valence-electron chi connectivity index (χ4n) is 4.52. The van der Waals surface area contributed by atoms with Crippen LogP contribution in [0.15, 0.2) is 36.8 Å². The van der Waals surface area contributed by atoms with Crippen molar-refractivity contribution >= 4 is 5.91 Å². The van der Waals surface area contributed by atoms with Gasteiger partial charge in [0.15, 0.2) is 5.82 Å². The molecular formula is C22H28N4O2. The fraction of sp³-hybridized carbons (Fsp3) is 0.545. The molecule has 0 spiro atoms. The molecule has 2 fully saturated rings. The topological polar surface area (TPSA) is 77.0 Å². The Balaban J connectivity index is 1.51. The van der Waals surface area contributed by atoms with E-state index in [-0.39, 0.29) is 24.2 Å². The van der Waals surface area contributed by atoms with E-state index < -0.39 is 0 Å². The summed E-state index contributed by atoms with van der Waals surface area (Å²) in [6.07, 6.45) is 13.5. The average Bonchev–Trinajstić information content (AvgIpc) is 2.74. The highest BCUT2D eigenvalue weighted by Crippen LogP contribution is 2.38. The van der Waals surface area contributed by atoms with Gasteiger partial charge in [-0.15, -0.1) is 0 Å². The molecule has 1 amide bonds. The van der Waals surface area contributed by atoms with Gasteiger partial charge in [-0.1, -0.05) is 25.3 Å². The molecule has 0 unspecified atom stereocenters. The van der Waals surface area contributed by atoms with E-state index in [0.29, 0.717) is 11.7 Å². The summed E-state index contributed by atoms with van der Waals surface area (Å²) in [5.41, 5.74) is 1.73. The quantitative estimate of drug-likeness (QED) is 0.872. The third-order valence-corrected chi connectivity index (χ3v) is 5.88. The minimum Gasteiger partial charge on any atom is -0.370 e. The minimum atomic E-state index is -0.0877. The summed E-state index contributed by atoms with van der Waals surface area (Å²) < 4.78 is 6.52. The molecule has 0 radical (unpaired) electrons. The normalized spacial score (nSPS) is 26.0. The molecule has 4 rings (SSSR count). The van der Waals surface area contributed by atoms with E-state index in [9.17, 15) is 4.79 Å². The van der Waals surface area contributed by atoms with E-state index in [1.165, 1.54) is 32.1 Å². The molecule has 0 aromatic carbocycles. The van der Waals surface area contributed by atoms with Crippen LogP contribution in [0.4, 0.5) is 0 Å². The van der Waals surface area contributed by atoms with Crippen molar-refractivity contribution < 1.29 is 9.53 Å². The molecule has 2 aliphatic rings. The van der Waals surface area contributed by atoms with Gasteiger partial charge in [0.05, 0.1) is 12.2 Å². The summed E-state index contributed by atoms with van der Waals surface area (Å²) in [6.45, 7) is 1.59. The van der Waals surface area contributed by atoms with Crippen LogP contribution in [0.5, 0.6) is 0 Å². The number of hydrogen-bond acceptors (Lipinski definition) is 5. The van der Waals surface area contributed by atoms with E-state index in [1.54, 1.807) is 13.1 Å². The number of amides is 1. The fourth-order valence-corrected chi connectivity index (χ4v) is 4.52. The van der Waals surface area contributed by atoms with E-state index in [4.69, 9.17) is 4.74 Å². The highest BCUT2D eigenvalue weighted by atomic mass is 16.5. The van der Waals surface area contributed by atoms with Crippen LogP contribution in [0.25, 0.3) is 11.5 Å². The molecule has 1 aliphatic heterocycles. The van der Waals surface area contributed by atoms with Crippen LogP contribution in [0.3, 0.4) is 0 Å². The van der Waals surface area contributed by atoms with Crippen molar-refractivity contribution in [3.63, 3.8) is 0 Å². The van der Waals surface area contributed by atoms with Gasteiger partial charge < -0.3 is 10.1 Å². The van der Waals surface area contributed by atoms with Gasteiger partial charge in [0, 0.05) is 37.1 Å². The molecule has 1 saturated carbocycles. The van der Waals surface area contributed by atoms with E-state index in [1.807, 2.05) is 30.6 Å². The Morgan fingerprint density at radius 3 is 2.54 bits per heavy atom. The summed E-state index contributed by atoms with van der Waals surface area (Å²) >= 11 is 0. The van der Waals surface area contributed by atoms with Crippen molar-refractivity contribution in [3.8, 4) is 11.5 Å². The van der Waals surface area contributed by atoms with Gasteiger partial charge in [-0.2, -0.15) is 0 Å². The number of rotatable bonds is 4. The molecule has 2 aromatic heterocycles. The number of pyridine rings is 1. The lowest BCUT2D eigenvalue weighted by atomic mass is 9.80. The Morgan fingerprint density at radius 2 is 1.86 bits per heavy atom. The number of carbonyl (C=O) groups is 1. The van der Waals surface area contributed by atoms with Crippen molar-refractivity contribution in [2.24, 2.45) is 5.92 Å². The number of carbonyl (C=O) groups excluding carboxylic acids is 1. The highest BCUT2D eigenvalue weighted by Gasteiger charge is 2.36. The highest BCUT2D eigenvalue weighted by molar-refractivity contribution is 5.73. The maximum Gasteiger partial charge on any atom is 0.217 e. The molecule has 148 valence electrons. The average molecular weight is 380 g/mol. The molecule has 0 bridgehead atoms. The second kappa shape index (κ2) is 8.78. The van der Waals surface area contributed by atoms with Gasteiger partial charge in [-0.05, 0) is 43.7 Å². The monoisotopic (exact) mass is 380 g/mol. The Hall–Kier alpha value is -2.34. The van der Waals surface area contributed by atoms with Crippen LogP contribution in [0, 0.1) is 5.92 Å². The number of aromatic nitrogens is 3. The Morgan fingerprint density at radius 1 is 1.07 bits per heavy atom. The lowest BCUT2D eigenvalue weighted by Crippen LogP contribution is -2.44. The van der Waals surface area contributed by atoms with Gasteiger partial charge in [0.25, 0.3) is 0 Å². The molecular weight excluding hydrogens is 352 g/mol. The molecule has 3 heterocycles. The van der Waals surface area contributed by atoms with Crippen molar-refractivity contribution in [3.05, 3.63) is 42.4 Å². The molecule has 2 aromatic rings. The molecule has 28 heavy (non-hydrogen) atoms. The molecule has 1 saturated heterocycles. The third-order valence-electron chi connectivity index (χ3n) is 5.88. The second-order valence-electron chi connectivity index (χ2n) is 7.99. The number of nitrogens with zero attached hydrogens (tertiary/aromatic N) is 3. The van der Waals surface area contributed by atoms with Crippen molar-refractivity contribution in [1.82, 2.24) is 20.3 Å². The maximum atomic E-state index is 11.7. The standard InChI is InChI=1S/C22H28N4O2/c1-15(27)26-18-11-20(16-7-3-2-4-8-16)28-21(12-18)17-13-24-22(25-14-17)19-9-5-6-10-23-19/h5-6,9-10,13-14,16,18,20-21H,2-4,7-8,11-12H2,1H3,(H,26,27)/t18-,20-,21+/m1/s1. The summed E-state index contributed by atoms with van der Waals surface area (Å²) in [6, 6.07) is 5.84. The SMILES string of the molecule is CC(=O)N[C@H]1C[C@@H](c2cnc(-c3ccccn3)nc2)O[C@@H](C2CCCCC2)C1. The maximum absolute atomic E-state index is 11.7. The first kappa shape index (κ1) is 19.0. The van der Waals surface area contributed by atoms with Crippen LogP contribution in [-0.2, 0) is 9.53 Å². The van der Waals surface area contributed by atoms with Crippen LogP contribution in [0.2, 0.25) is 0 Å². The zero-order valence-corrected chi connectivity index (χ0v) is 16.4. The summed E-state index contributed by atoms with van der Waals surface area (Å²) in [7, 11) is 0. The van der Waals surface area contributed by atoms with Gasteiger partial charge in [-0.3, -0.25) is 9.78 Å². The molecule has 6 nitrogen and oxygen atoms in total. The van der Waals surface area contributed by atoms with Gasteiger partial charge in [0.2, 0.25) is 5.91 Å². The second-order valence-corrected chi connectivity index (χ2v) is 7.99. The largest absolute Gasteiger partial charge is 0.370 e. The van der Waals surface area contributed by atoms with E-state index in [2.05, 4.69) is 20.3 Å². The number of hydrogen-bond donors (Lipinski definition) is 1. The van der Waals surface area contributed by atoms with E-state index in [0.717, 1.165) is 24.1 Å². The van der Waals surface area contributed by atoms with Crippen LogP contribution in [0.1, 0.15) is 63.5 Å². The van der Waals surface area contributed by atoms with Crippen molar-refractivity contribution in [2.75, 3.05) is 0 Å². The summed E-state index contributed by atoms with van der Waals surface area (Å²) in [4.78, 5) is 25.0. The van der Waals surface area contributed by atoms with Crippen molar-refractivity contribution in [1.29, 1.82) is 0 Å². The zero-order chi connectivity index (χ0) is 19.3. The molecule has 1 aliphatic carbocycles. The third kappa shape index (κ3) is 4.55. The number of ether oxygens (including phenoxy) is 1. The predicted octanol–water partition coefficient (Wildman–Crippen LogP) is 3.84. The molecule has 3 atom stereocenters. The minimum absolute atomic E-state index is 0.0230. The van der Waals surface area contributed by atoms with Crippen LogP contribution < -0.4 is 5.32 Å².